The molecule has 0 bridgehead atoms. The molecule has 0 saturated carbocycles. The van der Waals surface area contributed by atoms with E-state index >= 15 is 0 Å². The SMILES string of the molecule is [CH]=C(OCC)O[Si](C)(C)C. The molecule has 0 aliphatic carbocycles. The Hall–Kier alpha value is -0.443. The lowest BCUT2D eigenvalue weighted by Crippen LogP contribution is -2.25. The van der Waals surface area contributed by atoms with Gasteiger partial charge in [0.15, 0.2) is 0 Å². The zero-order valence-corrected chi connectivity index (χ0v) is 8.10. The molecule has 0 saturated heterocycles. The molecule has 59 valence electrons. The molecule has 0 aliphatic heterocycles. The van der Waals surface area contributed by atoms with Crippen LogP contribution >= 0.6 is 0 Å². The summed E-state index contributed by atoms with van der Waals surface area (Å²) in [4.78, 5) is 0. The fraction of sp³-hybridized carbons (Fsp3) is 0.714. The summed E-state index contributed by atoms with van der Waals surface area (Å²) in [6.45, 7) is 14.0. The fourth-order valence-corrected chi connectivity index (χ4v) is 1.14. The predicted molar refractivity (Wildman–Crippen MR) is 43.9 cm³/mol. The lowest BCUT2D eigenvalue weighted by molar-refractivity contribution is 0.113. The number of rotatable bonds is 4. The van der Waals surface area contributed by atoms with Crippen molar-refractivity contribution in [3.8, 4) is 0 Å². The van der Waals surface area contributed by atoms with Crippen LogP contribution in [0.4, 0.5) is 0 Å². The van der Waals surface area contributed by atoms with Gasteiger partial charge < -0.3 is 9.16 Å². The van der Waals surface area contributed by atoms with Crippen LogP contribution in [0.3, 0.4) is 0 Å². The molecular weight excluding hydrogens is 144 g/mol. The van der Waals surface area contributed by atoms with E-state index in [-0.39, 0.29) is 5.95 Å². The molecule has 1 radical (unpaired) electrons. The van der Waals surface area contributed by atoms with Crippen LogP contribution in [0.5, 0.6) is 0 Å². The van der Waals surface area contributed by atoms with E-state index in [4.69, 9.17) is 15.7 Å². The van der Waals surface area contributed by atoms with Gasteiger partial charge in [0.2, 0.25) is 8.32 Å². The smallest absolute Gasteiger partial charge is 0.265 e. The predicted octanol–water partition coefficient (Wildman–Crippen LogP) is 2.15. The van der Waals surface area contributed by atoms with Crippen molar-refractivity contribution in [1.29, 1.82) is 0 Å². The van der Waals surface area contributed by atoms with Gasteiger partial charge in [0.25, 0.3) is 5.95 Å². The topological polar surface area (TPSA) is 18.5 Å². The molecule has 0 N–H and O–H groups in total. The average Bonchev–Trinajstić information content (AvgIpc) is 1.59. The molecule has 0 aromatic rings. The number of hydrogen-bond donors (Lipinski definition) is 0. The van der Waals surface area contributed by atoms with Crippen molar-refractivity contribution in [3.05, 3.63) is 12.5 Å². The van der Waals surface area contributed by atoms with Crippen molar-refractivity contribution < 1.29 is 9.16 Å². The van der Waals surface area contributed by atoms with Crippen LogP contribution in [0.2, 0.25) is 19.6 Å². The minimum absolute atomic E-state index is 0.210. The third kappa shape index (κ3) is 5.69. The summed E-state index contributed by atoms with van der Waals surface area (Å²) in [5.74, 6) is 0.210. The molecule has 2 nitrogen and oxygen atoms in total. The van der Waals surface area contributed by atoms with E-state index in [1.807, 2.05) is 6.92 Å². The molecule has 0 atom stereocenters. The monoisotopic (exact) mass is 159 g/mol. The highest BCUT2D eigenvalue weighted by molar-refractivity contribution is 6.69. The molecule has 0 aliphatic rings. The van der Waals surface area contributed by atoms with E-state index in [1.54, 1.807) is 0 Å². The molecule has 0 spiro atoms. The second kappa shape index (κ2) is 3.66. The summed E-state index contributed by atoms with van der Waals surface area (Å²) in [5.41, 5.74) is 0. The van der Waals surface area contributed by atoms with Gasteiger partial charge in [-0.15, -0.1) is 0 Å². The van der Waals surface area contributed by atoms with Gasteiger partial charge in [-0.25, -0.2) is 0 Å². The normalized spacial score (nSPS) is 10.8. The van der Waals surface area contributed by atoms with Crippen LogP contribution in [-0.2, 0) is 9.16 Å². The van der Waals surface area contributed by atoms with Crippen LogP contribution in [0.25, 0.3) is 0 Å². The summed E-state index contributed by atoms with van der Waals surface area (Å²) < 4.78 is 10.2. The lowest BCUT2D eigenvalue weighted by atomic mass is 10.8. The van der Waals surface area contributed by atoms with E-state index in [2.05, 4.69) is 19.6 Å². The Morgan fingerprint density at radius 1 is 1.40 bits per heavy atom. The minimum atomic E-state index is -1.54. The first-order valence-electron chi connectivity index (χ1n) is 3.40. The Balaban J connectivity index is 3.58. The van der Waals surface area contributed by atoms with E-state index in [0.717, 1.165) is 0 Å². The lowest BCUT2D eigenvalue weighted by Gasteiger charge is -2.19. The van der Waals surface area contributed by atoms with Crippen molar-refractivity contribution in [2.75, 3.05) is 6.61 Å². The third-order valence-corrected chi connectivity index (χ3v) is 1.51. The Bertz CT molecular complexity index is 115. The number of ether oxygens (including phenoxy) is 1. The molecule has 0 rings (SSSR count). The summed E-state index contributed by atoms with van der Waals surface area (Å²) >= 11 is 0. The Labute approximate surface area is 64.0 Å². The van der Waals surface area contributed by atoms with Crippen molar-refractivity contribution in [2.45, 2.75) is 26.6 Å². The second-order valence-electron chi connectivity index (χ2n) is 2.97. The number of hydrogen-bond acceptors (Lipinski definition) is 2. The standard InChI is InChI=1S/C7H15O2Si/c1-6-8-7(2)9-10(3,4)5/h2H,6H2,1,3-5H3. The summed E-state index contributed by atoms with van der Waals surface area (Å²) in [6, 6.07) is 0. The molecule has 10 heavy (non-hydrogen) atoms. The van der Waals surface area contributed by atoms with Gasteiger partial charge in [0.1, 0.15) is 0 Å². The van der Waals surface area contributed by atoms with Gasteiger partial charge in [-0.05, 0) is 26.6 Å². The third-order valence-electron chi connectivity index (χ3n) is 0.693. The Kier molecular flexibility index (Phi) is 3.50. The summed E-state index contributed by atoms with van der Waals surface area (Å²) in [5, 5.41) is 0. The Morgan fingerprint density at radius 3 is 2.20 bits per heavy atom. The van der Waals surface area contributed by atoms with Gasteiger partial charge in [0.05, 0.1) is 6.61 Å². The Morgan fingerprint density at radius 2 is 1.90 bits per heavy atom. The first kappa shape index (κ1) is 9.56. The molecule has 0 heterocycles. The van der Waals surface area contributed by atoms with Crippen LogP contribution in [0.15, 0.2) is 5.95 Å². The van der Waals surface area contributed by atoms with Gasteiger partial charge in [-0.1, -0.05) is 0 Å². The van der Waals surface area contributed by atoms with Crippen LogP contribution in [-0.4, -0.2) is 14.9 Å². The maximum atomic E-state index is 5.38. The van der Waals surface area contributed by atoms with Crippen LogP contribution < -0.4 is 0 Å². The molecule has 0 unspecified atom stereocenters. The maximum Gasteiger partial charge on any atom is 0.265 e. The van der Waals surface area contributed by atoms with E-state index in [0.29, 0.717) is 6.61 Å². The molecule has 0 fully saturated rings. The molecule has 0 amide bonds. The van der Waals surface area contributed by atoms with Crippen molar-refractivity contribution >= 4 is 8.32 Å². The first-order valence-corrected chi connectivity index (χ1v) is 6.81. The van der Waals surface area contributed by atoms with E-state index < -0.39 is 8.32 Å². The average molecular weight is 159 g/mol. The van der Waals surface area contributed by atoms with Crippen molar-refractivity contribution in [3.63, 3.8) is 0 Å². The van der Waals surface area contributed by atoms with Gasteiger partial charge in [-0.3, -0.25) is 0 Å². The zero-order valence-electron chi connectivity index (χ0n) is 7.10. The molecule has 0 aromatic heterocycles. The second-order valence-corrected chi connectivity index (χ2v) is 7.40. The van der Waals surface area contributed by atoms with Gasteiger partial charge >= 0.3 is 0 Å². The van der Waals surface area contributed by atoms with E-state index in [1.165, 1.54) is 0 Å². The van der Waals surface area contributed by atoms with Crippen LogP contribution in [0, 0.1) is 6.58 Å². The van der Waals surface area contributed by atoms with Crippen molar-refractivity contribution in [1.82, 2.24) is 0 Å². The quantitative estimate of drug-likeness (QED) is 0.462. The molecule has 0 aromatic carbocycles. The fourth-order valence-electron chi connectivity index (χ4n) is 0.473. The molecular formula is C7H15O2Si. The largest absolute Gasteiger partial charge is 0.520 e. The molecule has 3 heteroatoms. The van der Waals surface area contributed by atoms with Crippen LogP contribution in [0.1, 0.15) is 6.92 Å². The van der Waals surface area contributed by atoms with E-state index in [9.17, 15) is 0 Å². The summed E-state index contributed by atoms with van der Waals surface area (Å²) in [7, 11) is -1.54. The highest BCUT2D eigenvalue weighted by atomic mass is 28.4. The maximum absolute atomic E-state index is 5.38. The highest BCUT2D eigenvalue weighted by Gasteiger charge is 2.16. The summed E-state index contributed by atoms with van der Waals surface area (Å²) in [6.07, 6.45) is 0. The highest BCUT2D eigenvalue weighted by Crippen LogP contribution is 2.08. The zero-order chi connectivity index (χ0) is 8.20. The van der Waals surface area contributed by atoms with Gasteiger partial charge in [-0.2, -0.15) is 0 Å². The minimum Gasteiger partial charge on any atom is -0.520 e. The van der Waals surface area contributed by atoms with Crippen molar-refractivity contribution in [2.24, 2.45) is 0 Å². The first-order chi connectivity index (χ1) is 4.45. The van der Waals surface area contributed by atoms with Gasteiger partial charge in [0, 0.05) is 6.58 Å².